The number of carbonyl (C=O) groups excluding carboxylic acids is 3. The Kier molecular flexibility index (Phi) is 7.29. The summed E-state index contributed by atoms with van der Waals surface area (Å²) in [6, 6.07) is 2.36. The molecule has 27 heavy (non-hydrogen) atoms. The molecule has 1 atom stereocenters. The predicted octanol–water partition coefficient (Wildman–Crippen LogP) is 2.62. The van der Waals surface area contributed by atoms with Crippen molar-refractivity contribution in [3.63, 3.8) is 0 Å². The van der Waals surface area contributed by atoms with Crippen molar-refractivity contribution >= 4 is 29.5 Å². The topological polar surface area (TPSA) is 94.2 Å². The number of halogens is 1. The Balaban J connectivity index is 2.15. The van der Waals surface area contributed by atoms with Crippen molar-refractivity contribution < 1.29 is 28.6 Å². The average molecular weight is 399 g/mol. The van der Waals surface area contributed by atoms with E-state index >= 15 is 0 Å². The van der Waals surface area contributed by atoms with Crippen LogP contribution in [-0.4, -0.2) is 55.2 Å². The second kappa shape index (κ2) is 9.45. The minimum atomic E-state index is -1.12. The van der Waals surface area contributed by atoms with Crippen LogP contribution in [0.5, 0.6) is 11.5 Å². The molecule has 0 aliphatic carbocycles. The van der Waals surface area contributed by atoms with Gasteiger partial charge in [-0.3, -0.25) is 9.69 Å². The van der Waals surface area contributed by atoms with Crippen molar-refractivity contribution in [3.05, 3.63) is 22.7 Å². The van der Waals surface area contributed by atoms with Crippen LogP contribution in [0.25, 0.3) is 0 Å². The van der Waals surface area contributed by atoms with Crippen molar-refractivity contribution in [3.8, 4) is 11.5 Å². The van der Waals surface area contributed by atoms with Crippen molar-refractivity contribution in [2.75, 3.05) is 26.3 Å². The molecule has 1 aromatic rings. The van der Waals surface area contributed by atoms with Gasteiger partial charge in [0.1, 0.15) is 0 Å². The Morgan fingerprint density at radius 1 is 1.30 bits per heavy atom. The second-order valence-corrected chi connectivity index (χ2v) is 6.24. The molecule has 0 bridgehead atoms. The lowest BCUT2D eigenvalue weighted by molar-refractivity contribution is -0.136. The van der Waals surface area contributed by atoms with E-state index in [1.807, 2.05) is 6.92 Å². The highest BCUT2D eigenvalue weighted by molar-refractivity contribution is 6.32. The van der Waals surface area contributed by atoms with Gasteiger partial charge in [-0.25, -0.2) is 9.59 Å². The number of carbonyl (C=O) groups is 3. The summed E-state index contributed by atoms with van der Waals surface area (Å²) in [6.45, 7) is 6.59. The number of nitrogens with one attached hydrogen (secondary N) is 1. The molecule has 1 fully saturated rings. The molecule has 1 saturated heterocycles. The molecule has 2 rings (SSSR count). The van der Waals surface area contributed by atoms with Gasteiger partial charge in [0, 0.05) is 13.1 Å². The number of benzene rings is 1. The third-order valence-corrected chi connectivity index (χ3v) is 4.03. The standard InChI is InChI=1S/C18H23ClN2O6/c1-4-8-26-15-13(19)9-12(10-14(15)25-5-2)17(23)27-11(3)16(22)21-7-6-20-18(21)24/h9-11H,4-8H2,1-3H3,(H,20,24)/t11-/m1/s1. The Morgan fingerprint density at radius 3 is 2.63 bits per heavy atom. The number of esters is 1. The van der Waals surface area contributed by atoms with Crippen molar-refractivity contribution in [1.82, 2.24) is 10.2 Å². The van der Waals surface area contributed by atoms with Gasteiger partial charge in [0.05, 0.1) is 23.8 Å². The molecule has 1 N–H and O–H groups in total. The fraction of sp³-hybridized carbons (Fsp3) is 0.500. The number of hydrogen-bond acceptors (Lipinski definition) is 6. The first-order valence-corrected chi connectivity index (χ1v) is 9.16. The molecule has 0 aromatic heterocycles. The van der Waals surface area contributed by atoms with Gasteiger partial charge in [-0.05, 0) is 32.4 Å². The van der Waals surface area contributed by atoms with Crippen LogP contribution < -0.4 is 14.8 Å². The summed E-state index contributed by atoms with van der Waals surface area (Å²) in [4.78, 5) is 37.3. The number of imide groups is 1. The summed E-state index contributed by atoms with van der Waals surface area (Å²) in [5.41, 5.74) is 0.123. The third-order valence-electron chi connectivity index (χ3n) is 3.75. The van der Waals surface area contributed by atoms with Gasteiger partial charge < -0.3 is 19.5 Å². The maximum atomic E-state index is 12.4. The van der Waals surface area contributed by atoms with Crippen LogP contribution >= 0.6 is 11.6 Å². The maximum Gasteiger partial charge on any atom is 0.339 e. The van der Waals surface area contributed by atoms with Crippen LogP contribution in [0.15, 0.2) is 12.1 Å². The highest BCUT2D eigenvalue weighted by atomic mass is 35.5. The van der Waals surface area contributed by atoms with Crippen LogP contribution in [0.4, 0.5) is 4.79 Å². The first-order valence-electron chi connectivity index (χ1n) is 8.78. The second-order valence-electron chi connectivity index (χ2n) is 5.84. The first-order chi connectivity index (χ1) is 12.9. The molecule has 0 unspecified atom stereocenters. The van der Waals surface area contributed by atoms with E-state index in [0.717, 1.165) is 11.3 Å². The van der Waals surface area contributed by atoms with E-state index in [0.29, 0.717) is 31.3 Å². The molecule has 0 saturated carbocycles. The van der Waals surface area contributed by atoms with Gasteiger partial charge >= 0.3 is 12.0 Å². The molecular weight excluding hydrogens is 376 g/mol. The fourth-order valence-corrected chi connectivity index (χ4v) is 2.74. The molecule has 9 heteroatoms. The normalized spacial score (nSPS) is 14.5. The quantitative estimate of drug-likeness (QED) is 0.676. The monoisotopic (exact) mass is 398 g/mol. The molecule has 1 aromatic carbocycles. The lowest BCUT2D eigenvalue weighted by Gasteiger charge is -2.19. The Bertz CT molecular complexity index is 724. The van der Waals surface area contributed by atoms with E-state index in [9.17, 15) is 14.4 Å². The number of hydrogen-bond donors (Lipinski definition) is 1. The summed E-state index contributed by atoms with van der Waals surface area (Å²) in [7, 11) is 0. The van der Waals surface area contributed by atoms with E-state index in [1.165, 1.54) is 19.1 Å². The molecular formula is C18H23ClN2O6. The summed E-state index contributed by atoms with van der Waals surface area (Å²) in [6.07, 6.45) is -0.332. The largest absolute Gasteiger partial charge is 0.490 e. The summed E-state index contributed by atoms with van der Waals surface area (Å²) < 4.78 is 16.3. The number of urea groups is 1. The Hall–Kier alpha value is -2.48. The predicted molar refractivity (Wildman–Crippen MR) is 98.4 cm³/mol. The van der Waals surface area contributed by atoms with Crippen molar-refractivity contribution in [2.24, 2.45) is 0 Å². The molecule has 0 radical (unpaired) electrons. The molecule has 3 amide bonds. The van der Waals surface area contributed by atoms with Crippen LogP contribution in [0, 0.1) is 0 Å². The highest BCUT2D eigenvalue weighted by Crippen LogP contribution is 2.37. The molecule has 8 nitrogen and oxygen atoms in total. The summed E-state index contributed by atoms with van der Waals surface area (Å²) >= 11 is 6.23. The first kappa shape index (κ1) is 20.8. The van der Waals surface area contributed by atoms with E-state index in [4.69, 9.17) is 25.8 Å². The average Bonchev–Trinajstić information content (AvgIpc) is 3.06. The zero-order valence-corrected chi connectivity index (χ0v) is 16.3. The lowest BCUT2D eigenvalue weighted by atomic mass is 10.2. The maximum absolute atomic E-state index is 12.4. The molecule has 0 spiro atoms. The minimum absolute atomic E-state index is 0.123. The lowest BCUT2D eigenvalue weighted by Crippen LogP contribution is -2.41. The van der Waals surface area contributed by atoms with Crippen LogP contribution in [0.3, 0.4) is 0 Å². The minimum Gasteiger partial charge on any atom is -0.490 e. The van der Waals surface area contributed by atoms with E-state index in [-0.39, 0.29) is 17.1 Å². The zero-order valence-electron chi connectivity index (χ0n) is 15.5. The number of nitrogens with zero attached hydrogens (tertiary/aromatic N) is 1. The molecule has 148 valence electrons. The summed E-state index contributed by atoms with van der Waals surface area (Å²) in [5.74, 6) is -0.657. The third kappa shape index (κ3) is 5.03. The van der Waals surface area contributed by atoms with Crippen LogP contribution in [0.2, 0.25) is 5.02 Å². The SMILES string of the molecule is CCCOc1c(Cl)cc(C(=O)O[C@H](C)C(=O)N2CCNC2=O)cc1OCC. The number of rotatable bonds is 8. The number of amides is 3. The Morgan fingerprint density at radius 2 is 2.04 bits per heavy atom. The molecule has 1 aliphatic rings. The van der Waals surface area contributed by atoms with Crippen LogP contribution in [0.1, 0.15) is 37.6 Å². The van der Waals surface area contributed by atoms with Gasteiger partial charge in [-0.1, -0.05) is 18.5 Å². The van der Waals surface area contributed by atoms with Gasteiger partial charge in [-0.15, -0.1) is 0 Å². The van der Waals surface area contributed by atoms with Gasteiger partial charge in [0.2, 0.25) is 0 Å². The van der Waals surface area contributed by atoms with Crippen molar-refractivity contribution in [2.45, 2.75) is 33.3 Å². The number of ether oxygens (including phenoxy) is 3. The Labute approximate surface area is 162 Å². The van der Waals surface area contributed by atoms with Crippen molar-refractivity contribution in [1.29, 1.82) is 0 Å². The van der Waals surface area contributed by atoms with E-state index in [1.54, 1.807) is 6.92 Å². The molecule has 1 aliphatic heterocycles. The summed E-state index contributed by atoms with van der Waals surface area (Å²) in [5, 5.41) is 2.73. The smallest absolute Gasteiger partial charge is 0.339 e. The van der Waals surface area contributed by atoms with Gasteiger partial charge in [0.25, 0.3) is 5.91 Å². The van der Waals surface area contributed by atoms with Gasteiger partial charge in [0.15, 0.2) is 17.6 Å². The van der Waals surface area contributed by atoms with Crippen LogP contribution in [-0.2, 0) is 9.53 Å². The van der Waals surface area contributed by atoms with E-state index in [2.05, 4.69) is 5.32 Å². The van der Waals surface area contributed by atoms with Gasteiger partial charge in [-0.2, -0.15) is 0 Å². The van der Waals surface area contributed by atoms with E-state index < -0.39 is 24.0 Å². The fourth-order valence-electron chi connectivity index (χ4n) is 2.47. The zero-order chi connectivity index (χ0) is 20.0. The molecule has 1 heterocycles. The highest BCUT2D eigenvalue weighted by Gasteiger charge is 2.32.